The molecule has 0 aromatic carbocycles. The molecule has 3 aromatic rings. The third-order valence-corrected chi connectivity index (χ3v) is 4.94. The number of furan rings is 1. The maximum atomic E-state index is 12.7. The Morgan fingerprint density at radius 1 is 1.36 bits per heavy atom. The number of rotatable bonds is 6. The molecule has 0 aliphatic carbocycles. The highest BCUT2D eigenvalue weighted by molar-refractivity contribution is 6.31. The normalized spacial score (nSPS) is 12.0. The predicted octanol–water partition coefficient (Wildman–Crippen LogP) is 2.61. The first-order valence-corrected chi connectivity index (χ1v) is 9.02. The summed E-state index contributed by atoms with van der Waals surface area (Å²) >= 11 is 6.17. The van der Waals surface area contributed by atoms with E-state index in [0.717, 1.165) is 0 Å². The topological polar surface area (TPSA) is 107 Å². The summed E-state index contributed by atoms with van der Waals surface area (Å²) < 4.78 is 8.16. The van der Waals surface area contributed by atoms with Gasteiger partial charge in [0.25, 0.3) is 5.91 Å². The van der Waals surface area contributed by atoms with Crippen LogP contribution in [0.2, 0.25) is 5.02 Å². The SMILES string of the molecule is Cc1nn(C(C)C(=O)Nc2cnn(C)c2C(=O)NCc2ccco2)c(C)c1Cl. The van der Waals surface area contributed by atoms with Gasteiger partial charge in [0.15, 0.2) is 0 Å². The van der Waals surface area contributed by atoms with E-state index in [-0.39, 0.29) is 24.1 Å². The zero-order valence-electron chi connectivity index (χ0n) is 16.0. The summed E-state index contributed by atoms with van der Waals surface area (Å²) in [5.74, 6) is -0.0972. The fourth-order valence-corrected chi connectivity index (χ4v) is 2.96. The largest absolute Gasteiger partial charge is 0.467 e. The summed E-state index contributed by atoms with van der Waals surface area (Å²) in [4.78, 5) is 25.3. The molecule has 0 fully saturated rings. The van der Waals surface area contributed by atoms with Crippen molar-refractivity contribution in [2.24, 2.45) is 7.05 Å². The highest BCUT2D eigenvalue weighted by atomic mass is 35.5. The molecule has 0 saturated carbocycles. The molecule has 3 heterocycles. The van der Waals surface area contributed by atoms with Crippen LogP contribution in [0.25, 0.3) is 0 Å². The number of amides is 2. The molecule has 28 heavy (non-hydrogen) atoms. The van der Waals surface area contributed by atoms with Crippen LogP contribution in [0.5, 0.6) is 0 Å². The third kappa shape index (κ3) is 3.79. The average molecular weight is 405 g/mol. The molecule has 1 atom stereocenters. The molecule has 10 heteroatoms. The molecule has 148 valence electrons. The van der Waals surface area contributed by atoms with E-state index in [1.54, 1.807) is 44.6 Å². The lowest BCUT2D eigenvalue weighted by Crippen LogP contribution is -2.29. The second-order valence-corrected chi connectivity index (χ2v) is 6.77. The number of anilines is 1. The average Bonchev–Trinajstić information content (AvgIpc) is 3.37. The Bertz CT molecular complexity index is 1010. The number of aromatic nitrogens is 4. The fourth-order valence-electron chi connectivity index (χ4n) is 2.83. The van der Waals surface area contributed by atoms with Gasteiger partial charge in [-0.1, -0.05) is 11.6 Å². The van der Waals surface area contributed by atoms with Crippen LogP contribution in [0, 0.1) is 13.8 Å². The van der Waals surface area contributed by atoms with Gasteiger partial charge in [-0.05, 0) is 32.9 Å². The summed E-state index contributed by atoms with van der Waals surface area (Å²) in [5.41, 5.74) is 1.89. The standard InChI is InChI=1S/C18H21ClN6O3/c1-10-15(19)11(2)25(23-10)12(3)17(26)22-14-9-21-24(4)16(14)18(27)20-8-13-6-5-7-28-13/h5-7,9,12H,8H2,1-4H3,(H,20,27)(H,22,26). The van der Waals surface area contributed by atoms with E-state index in [1.165, 1.54) is 17.1 Å². The number of carbonyl (C=O) groups is 2. The number of halogens is 1. The lowest BCUT2D eigenvalue weighted by molar-refractivity contribution is -0.119. The van der Waals surface area contributed by atoms with Crippen LogP contribution in [-0.2, 0) is 18.4 Å². The number of nitrogens with zero attached hydrogens (tertiary/aromatic N) is 4. The Kier molecular flexibility index (Phi) is 5.55. The van der Waals surface area contributed by atoms with Crippen LogP contribution < -0.4 is 10.6 Å². The van der Waals surface area contributed by atoms with Gasteiger partial charge in [0.05, 0.1) is 41.1 Å². The Balaban J connectivity index is 1.74. The van der Waals surface area contributed by atoms with Crippen LogP contribution in [0.4, 0.5) is 5.69 Å². The van der Waals surface area contributed by atoms with Gasteiger partial charge in [0, 0.05) is 7.05 Å². The van der Waals surface area contributed by atoms with Gasteiger partial charge >= 0.3 is 0 Å². The molecule has 3 aromatic heterocycles. The minimum absolute atomic E-state index is 0.227. The van der Waals surface area contributed by atoms with Gasteiger partial charge in [-0.3, -0.25) is 19.0 Å². The molecule has 2 N–H and O–H groups in total. The van der Waals surface area contributed by atoms with Crippen LogP contribution in [0.3, 0.4) is 0 Å². The fraction of sp³-hybridized carbons (Fsp3) is 0.333. The molecule has 0 radical (unpaired) electrons. The second-order valence-electron chi connectivity index (χ2n) is 6.39. The van der Waals surface area contributed by atoms with E-state index in [9.17, 15) is 9.59 Å². The summed E-state index contributed by atoms with van der Waals surface area (Å²) in [7, 11) is 1.63. The number of hydrogen-bond acceptors (Lipinski definition) is 5. The van der Waals surface area contributed by atoms with Crippen molar-refractivity contribution in [1.29, 1.82) is 0 Å². The highest BCUT2D eigenvalue weighted by Crippen LogP contribution is 2.23. The third-order valence-electron chi connectivity index (χ3n) is 4.40. The van der Waals surface area contributed by atoms with Crippen LogP contribution in [0.1, 0.15) is 40.6 Å². The Morgan fingerprint density at radius 2 is 2.11 bits per heavy atom. The molecule has 3 rings (SSSR count). The molecule has 2 amide bonds. The Morgan fingerprint density at radius 3 is 2.71 bits per heavy atom. The quantitative estimate of drug-likeness (QED) is 0.656. The van der Waals surface area contributed by atoms with E-state index < -0.39 is 6.04 Å². The number of nitrogens with one attached hydrogen (secondary N) is 2. The highest BCUT2D eigenvalue weighted by Gasteiger charge is 2.24. The zero-order valence-corrected chi connectivity index (χ0v) is 16.7. The van der Waals surface area contributed by atoms with Crippen LogP contribution >= 0.6 is 11.6 Å². The van der Waals surface area contributed by atoms with Gasteiger partial charge in [0.2, 0.25) is 5.91 Å². The first-order valence-electron chi connectivity index (χ1n) is 8.64. The number of carbonyl (C=O) groups excluding carboxylic acids is 2. The molecule has 0 aliphatic rings. The minimum Gasteiger partial charge on any atom is -0.467 e. The van der Waals surface area contributed by atoms with Crippen molar-refractivity contribution in [3.63, 3.8) is 0 Å². The molecule has 0 bridgehead atoms. The molecule has 0 spiro atoms. The van der Waals surface area contributed by atoms with Gasteiger partial charge < -0.3 is 15.1 Å². The summed E-state index contributed by atoms with van der Waals surface area (Å²) in [6, 6.07) is 2.88. The number of hydrogen-bond donors (Lipinski definition) is 2. The van der Waals surface area contributed by atoms with Crippen molar-refractivity contribution >= 4 is 29.1 Å². The van der Waals surface area contributed by atoms with Gasteiger partial charge in [0.1, 0.15) is 17.5 Å². The molecule has 9 nitrogen and oxygen atoms in total. The van der Waals surface area contributed by atoms with Crippen LogP contribution in [0.15, 0.2) is 29.0 Å². The monoisotopic (exact) mass is 404 g/mol. The minimum atomic E-state index is -0.620. The van der Waals surface area contributed by atoms with Crippen molar-refractivity contribution in [3.05, 3.63) is 52.5 Å². The smallest absolute Gasteiger partial charge is 0.272 e. The molecular formula is C18H21ClN6O3. The first-order chi connectivity index (χ1) is 13.3. The van der Waals surface area contributed by atoms with Crippen molar-refractivity contribution < 1.29 is 14.0 Å². The van der Waals surface area contributed by atoms with E-state index in [4.69, 9.17) is 16.0 Å². The maximum Gasteiger partial charge on any atom is 0.272 e. The summed E-state index contributed by atoms with van der Waals surface area (Å²) in [6.07, 6.45) is 2.96. The van der Waals surface area contributed by atoms with E-state index in [2.05, 4.69) is 20.8 Å². The van der Waals surface area contributed by atoms with E-state index in [0.29, 0.717) is 27.9 Å². The molecule has 0 aliphatic heterocycles. The van der Waals surface area contributed by atoms with Crippen molar-refractivity contribution in [1.82, 2.24) is 24.9 Å². The lowest BCUT2D eigenvalue weighted by atomic mass is 10.2. The summed E-state index contributed by atoms with van der Waals surface area (Å²) in [6.45, 7) is 5.51. The molecule has 0 saturated heterocycles. The zero-order chi connectivity index (χ0) is 20.4. The van der Waals surface area contributed by atoms with Gasteiger partial charge in [-0.2, -0.15) is 10.2 Å². The maximum absolute atomic E-state index is 12.7. The Hall–Kier alpha value is -3.07. The molecular weight excluding hydrogens is 384 g/mol. The van der Waals surface area contributed by atoms with Crippen molar-refractivity contribution in [3.8, 4) is 0 Å². The van der Waals surface area contributed by atoms with Gasteiger partial charge in [-0.15, -0.1) is 0 Å². The predicted molar refractivity (Wildman–Crippen MR) is 103 cm³/mol. The van der Waals surface area contributed by atoms with Crippen molar-refractivity contribution in [2.75, 3.05) is 5.32 Å². The first kappa shape index (κ1) is 19.7. The van der Waals surface area contributed by atoms with E-state index >= 15 is 0 Å². The molecule has 1 unspecified atom stereocenters. The Labute approximate surface area is 166 Å². The number of aryl methyl sites for hydroxylation is 2. The van der Waals surface area contributed by atoms with E-state index in [1.807, 2.05) is 0 Å². The second kappa shape index (κ2) is 7.89. The van der Waals surface area contributed by atoms with Crippen molar-refractivity contribution in [2.45, 2.75) is 33.4 Å². The lowest BCUT2D eigenvalue weighted by Gasteiger charge is -2.15. The summed E-state index contributed by atoms with van der Waals surface area (Å²) in [5, 5.41) is 14.4. The van der Waals surface area contributed by atoms with Gasteiger partial charge in [-0.25, -0.2) is 0 Å². The van der Waals surface area contributed by atoms with Crippen LogP contribution in [-0.4, -0.2) is 31.4 Å².